The SMILES string of the molecule is CC(C)C(=O)SCCCCCCC(=O)Nc1ccc(-c2ccccc2)cc1. The molecule has 2 rings (SSSR count). The highest BCUT2D eigenvalue weighted by Crippen LogP contribution is 2.21. The third-order valence-corrected chi connectivity index (χ3v) is 5.54. The zero-order valence-electron chi connectivity index (χ0n) is 16.2. The summed E-state index contributed by atoms with van der Waals surface area (Å²) >= 11 is 1.43. The van der Waals surface area contributed by atoms with E-state index in [4.69, 9.17) is 0 Å². The van der Waals surface area contributed by atoms with E-state index in [1.807, 2.05) is 56.3 Å². The molecule has 1 N–H and O–H groups in total. The molecule has 1 amide bonds. The third kappa shape index (κ3) is 8.00. The molecule has 0 saturated heterocycles. The number of unbranched alkanes of at least 4 members (excludes halogenated alkanes) is 3. The van der Waals surface area contributed by atoms with Gasteiger partial charge in [0.1, 0.15) is 0 Å². The van der Waals surface area contributed by atoms with E-state index in [2.05, 4.69) is 17.4 Å². The molecule has 144 valence electrons. The average Bonchev–Trinajstić information content (AvgIpc) is 2.68. The van der Waals surface area contributed by atoms with E-state index in [0.29, 0.717) is 6.42 Å². The van der Waals surface area contributed by atoms with Gasteiger partial charge in [0.2, 0.25) is 5.91 Å². The summed E-state index contributed by atoms with van der Waals surface area (Å²) in [4.78, 5) is 23.6. The van der Waals surface area contributed by atoms with Crippen molar-refractivity contribution in [1.29, 1.82) is 0 Å². The first-order chi connectivity index (χ1) is 13.1. The Balaban J connectivity index is 1.61. The van der Waals surface area contributed by atoms with Gasteiger partial charge in [0.05, 0.1) is 0 Å². The van der Waals surface area contributed by atoms with Crippen molar-refractivity contribution in [2.45, 2.75) is 46.0 Å². The van der Waals surface area contributed by atoms with E-state index in [1.165, 1.54) is 17.3 Å². The fraction of sp³-hybridized carbons (Fsp3) is 0.391. The standard InChI is InChI=1S/C23H29NO2S/c1-18(2)23(26)27-17-9-4-3-8-12-22(25)24-21-15-13-20(14-16-21)19-10-6-5-7-11-19/h5-7,10-11,13-16,18H,3-4,8-9,12,17H2,1-2H3,(H,24,25). The highest BCUT2D eigenvalue weighted by atomic mass is 32.2. The van der Waals surface area contributed by atoms with Gasteiger partial charge in [-0.05, 0) is 36.1 Å². The molecule has 0 aliphatic carbocycles. The van der Waals surface area contributed by atoms with E-state index >= 15 is 0 Å². The van der Waals surface area contributed by atoms with Crippen LogP contribution in [0.5, 0.6) is 0 Å². The molecule has 0 aliphatic heterocycles. The number of carbonyl (C=O) groups excluding carboxylic acids is 2. The van der Waals surface area contributed by atoms with Gasteiger partial charge >= 0.3 is 0 Å². The van der Waals surface area contributed by atoms with Gasteiger partial charge < -0.3 is 5.32 Å². The smallest absolute Gasteiger partial charge is 0.224 e. The number of carbonyl (C=O) groups is 2. The summed E-state index contributed by atoms with van der Waals surface area (Å²) in [5.41, 5.74) is 3.15. The molecular formula is C23H29NO2S. The summed E-state index contributed by atoms with van der Waals surface area (Å²) in [5.74, 6) is 1.06. The van der Waals surface area contributed by atoms with Gasteiger partial charge in [-0.2, -0.15) is 0 Å². The van der Waals surface area contributed by atoms with Crippen molar-refractivity contribution in [3.05, 3.63) is 54.6 Å². The van der Waals surface area contributed by atoms with Crippen LogP contribution in [0, 0.1) is 5.92 Å². The second-order valence-electron chi connectivity index (χ2n) is 6.98. The van der Waals surface area contributed by atoms with E-state index in [-0.39, 0.29) is 16.9 Å². The summed E-state index contributed by atoms with van der Waals surface area (Å²) in [6.07, 6.45) is 4.55. The van der Waals surface area contributed by atoms with Crippen LogP contribution in [-0.2, 0) is 9.59 Å². The molecule has 3 nitrogen and oxygen atoms in total. The Morgan fingerprint density at radius 1 is 0.852 bits per heavy atom. The quantitative estimate of drug-likeness (QED) is 0.500. The molecule has 0 spiro atoms. The zero-order chi connectivity index (χ0) is 19.5. The minimum atomic E-state index is 0.0619. The Morgan fingerprint density at radius 2 is 1.48 bits per heavy atom. The summed E-state index contributed by atoms with van der Waals surface area (Å²) in [7, 11) is 0. The molecule has 0 bridgehead atoms. The number of hydrogen-bond acceptors (Lipinski definition) is 3. The van der Waals surface area contributed by atoms with Crippen LogP contribution in [0.3, 0.4) is 0 Å². The van der Waals surface area contributed by atoms with Gasteiger partial charge in [-0.25, -0.2) is 0 Å². The predicted octanol–water partition coefficient (Wildman–Crippen LogP) is 6.16. The van der Waals surface area contributed by atoms with Crippen LogP contribution in [0.2, 0.25) is 0 Å². The van der Waals surface area contributed by atoms with Crippen molar-refractivity contribution >= 4 is 28.5 Å². The molecule has 0 saturated carbocycles. The lowest BCUT2D eigenvalue weighted by Crippen LogP contribution is -2.10. The first-order valence-electron chi connectivity index (χ1n) is 9.68. The minimum Gasteiger partial charge on any atom is -0.326 e. The molecule has 0 radical (unpaired) electrons. The third-order valence-electron chi connectivity index (χ3n) is 4.29. The molecule has 0 aliphatic rings. The molecule has 2 aromatic rings. The number of anilines is 1. The average molecular weight is 384 g/mol. The Hall–Kier alpha value is -2.07. The number of amides is 1. The molecule has 0 unspecified atom stereocenters. The normalized spacial score (nSPS) is 10.8. The van der Waals surface area contributed by atoms with Crippen LogP contribution in [-0.4, -0.2) is 16.8 Å². The van der Waals surface area contributed by atoms with Crippen molar-refractivity contribution in [2.75, 3.05) is 11.1 Å². The Kier molecular flexibility index (Phi) is 9.12. The van der Waals surface area contributed by atoms with E-state index < -0.39 is 0 Å². The van der Waals surface area contributed by atoms with Crippen LogP contribution in [0.1, 0.15) is 46.0 Å². The van der Waals surface area contributed by atoms with Crippen LogP contribution in [0.15, 0.2) is 54.6 Å². The van der Waals surface area contributed by atoms with Gasteiger partial charge in [-0.3, -0.25) is 9.59 Å². The zero-order valence-corrected chi connectivity index (χ0v) is 17.1. The monoisotopic (exact) mass is 383 g/mol. The van der Waals surface area contributed by atoms with Crippen LogP contribution in [0.25, 0.3) is 11.1 Å². The molecule has 0 heterocycles. The van der Waals surface area contributed by atoms with Crippen LogP contribution >= 0.6 is 11.8 Å². The van der Waals surface area contributed by atoms with Gasteiger partial charge in [-0.1, -0.05) is 80.9 Å². The molecule has 0 fully saturated rings. The summed E-state index contributed by atoms with van der Waals surface area (Å²) in [5, 5.41) is 3.23. The Labute approximate surface area is 166 Å². The molecule has 27 heavy (non-hydrogen) atoms. The minimum absolute atomic E-state index is 0.0619. The summed E-state index contributed by atoms with van der Waals surface area (Å²) in [6.45, 7) is 3.87. The second kappa shape index (κ2) is 11.6. The lowest BCUT2D eigenvalue weighted by atomic mass is 10.1. The van der Waals surface area contributed by atoms with Crippen molar-refractivity contribution in [3.63, 3.8) is 0 Å². The number of benzene rings is 2. The van der Waals surface area contributed by atoms with Crippen molar-refractivity contribution in [3.8, 4) is 11.1 Å². The topological polar surface area (TPSA) is 46.2 Å². The number of hydrogen-bond donors (Lipinski definition) is 1. The number of rotatable bonds is 10. The molecule has 4 heteroatoms. The van der Waals surface area contributed by atoms with Crippen molar-refractivity contribution in [1.82, 2.24) is 0 Å². The predicted molar refractivity (Wildman–Crippen MR) is 116 cm³/mol. The highest BCUT2D eigenvalue weighted by Gasteiger charge is 2.07. The first-order valence-corrected chi connectivity index (χ1v) is 10.7. The molecule has 0 atom stereocenters. The molecule has 2 aromatic carbocycles. The fourth-order valence-corrected chi connectivity index (χ4v) is 3.56. The Bertz CT molecular complexity index is 711. The first kappa shape index (κ1) is 21.2. The maximum Gasteiger partial charge on any atom is 0.224 e. The van der Waals surface area contributed by atoms with Crippen LogP contribution in [0.4, 0.5) is 5.69 Å². The van der Waals surface area contributed by atoms with E-state index in [0.717, 1.165) is 42.7 Å². The van der Waals surface area contributed by atoms with Crippen molar-refractivity contribution in [2.24, 2.45) is 5.92 Å². The Morgan fingerprint density at radius 3 is 2.15 bits per heavy atom. The van der Waals surface area contributed by atoms with E-state index in [1.54, 1.807) is 0 Å². The fourth-order valence-electron chi connectivity index (χ4n) is 2.68. The maximum absolute atomic E-state index is 12.1. The largest absolute Gasteiger partial charge is 0.326 e. The number of nitrogens with one attached hydrogen (secondary N) is 1. The van der Waals surface area contributed by atoms with Crippen LogP contribution < -0.4 is 5.32 Å². The van der Waals surface area contributed by atoms with Gasteiger partial charge in [0.25, 0.3) is 0 Å². The lowest BCUT2D eigenvalue weighted by Gasteiger charge is -2.07. The lowest BCUT2D eigenvalue weighted by molar-refractivity contribution is -0.116. The molecule has 0 aromatic heterocycles. The molecular weight excluding hydrogens is 354 g/mol. The van der Waals surface area contributed by atoms with E-state index in [9.17, 15) is 9.59 Å². The maximum atomic E-state index is 12.1. The second-order valence-corrected chi connectivity index (χ2v) is 8.08. The van der Waals surface area contributed by atoms with Crippen molar-refractivity contribution < 1.29 is 9.59 Å². The number of thioether (sulfide) groups is 1. The highest BCUT2D eigenvalue weighted by molar-refractivity contribution is 8.13. The summed E-state index contributed by atoms with van der Waals surface area (Å²) in [6, 6.07) is 18.1. The van der Waals surface area contributed by atoms with Gasteiger partial charge in [-0.15, -0.1) is 0 Å². The summed E-state index contributed by atoms with van der Waals surface area (Å²) < 4.78 is 0. The van der Waals surface area contributed by atoms with Gasteiger partial charge in [0, 0.05) is 23.8 Å². The van der Waals surface area contributed by atoms with Gasteiger partial charge in [0.15, 0.2) is 5.12 Å².